The predicted octanol–water partition coefficient (Wildman–Crippen LogP) is 12.9. The standard InChI is InChI=1S/C36H73O/c1-4-5-6-30-33-36(37)34-31-28-26-24-22-20-18-16-14-12-10-8-7-9-11-13-15-17-19-21-23-25-27-29-32-35(2)3/h12,35-37H,4-11,13-34H2,1-3H3. The summed E-state index contributed by atoms with van der Waals surface area (Å²) < 4.78 is 0. The molecular weight excluding hydrogens is 448 g/mol. The summed E-state index contributed by atoms with van der Waals surface area (Å²) in [6.07, 6.45) is 43.8. The fourth-order valence-electron chi connectivity index (χ4n) is 5.61. The summed E-state index contributed by atoms with van der Waals surface area (Å²) in [6, 6.07) is 0. The van der Waals surface area contributed by atoms with Crippen LogP contribution in [-0.4, -0.2) is 11.2 Å². The zero-order valence-electron chi connectivity index (χ0n) is 26.4. The quantitative estimate of drug-likeness (QED) is 0.0872. The van der Waals surface area contributed by atoms with Gasteiger partial charge in [0.05, 0.1) is 6.10 Å². The second-order valence-corrected chi connectivity index (χ2v) is 12.8. The molecule has 0 aliphatic heterocycles. The third-order valence-corrected chi connectivity index (χ3v) is 8.28. The van der Waals surface area contributed by atoms with Gasteiger partial charge in [-0.05, 0) is 25.2 Å². The van der Waals surface area contributed by atoms with Gasteiger partial charge in [0.2, 0.25) is 0 Å². The Kier molecular flexibility index (Phi) is 32.1. The SMILES string of the molecule is CCCCCCC(O)CCCCCCCCCC[CH]CCCCCCCCCCCCCCCC(C)C. The van der Waals surface area contributed by atoms with Gasteiger partial charge in [0.25, 0.3) is 0 Å². The lowest BCUT2D eigenvalue weighted by molar-refractivity contribution is 0.147. The maximum atomic E-state index is 10.0. The lowest BCUT2D eigenvalue weighted by atomic mass is 10.0. The summed E-state index contributed by atoms with van der Waals surface area (Å²) in [7, 11) is 0. The van der Waals surface area contributed by atoms with Crippen LogP contribution >= 0.6 is 0 Å². The fourth-order valence-corrected chi connectivity index (χ4v) is 5.61. The van der Waals surface area contributed by atoms with E-state index in [2.05, 4.69) is 27.2 Å². The number of unbranched alkanes of at least 4 members (excludes halogenated alkanes) is 26. The highest BCUT2D eigenvalue weighted by molar-refractivity contribution is 4.65. The smallest absolute Gasteiger partial charge is 0.0540 e. The Balaban J connectivity index is 3.07. The fraction of sp³-hybridized carbons (Fsp3) is 0.972. The molecule has 0 aromatic carbocycles. The van der Waals surface area contributed by atoms with Crippen LogP contribution in [0.15, 0.2) is 0 Å². The number of hydrogen-bond donors (Lipinski definition) is 1. The van der Waals surface area contributed by atoms with Gasteiger partial charge < -0.3 is 5.11 Å². The Hall–Kier alpha value is -0.0400. The molecule has 0 bridgehead atoms. The first-order valence-corrected chi connectivity index (χ1v) is 17.7. The molecule has 0 amide bonds. The summed E-state index contributed by atoms with van der Waals surface area (Å²) in [5.41, 5.74) is 0. The van der Waals surface area contributed by atoms with Gasteiger partial charge in [0.1, 0.15) is 0 Å². The van der Waals surface area contributed by atoms with Gasteiger partial charge in [0, 0.05) is 0 Å². The molecule has 1 N–H and O–H groups in total. The highest BCUT2D eigenvalue weighted by atomic mass is 16.3. The van der Waals surface area contributed by atoms with Gasteiger partial charge in [-0.15, -0.1) is 0 Å². The first-order valence-electron chi connectivity index (χ1n) is 17.7. The van der Waals surface area contributed by atoms with Crippen molar-refractivity contribution < 1.29 is 5.11 Å². The van der Waals surface area contributed by atoms with Crippen molar-refractivity contribution in [3.05, 3.63) is 6.42 Å². The highest BCUT2D eigenvalue weighted by Gasteiger charge is 2.03. The maximum Gasteiger partial charge on any atom is 0.0540 e. The van der Waals surface area contributed by atoms with Crippen molar-refractivity contribution in [2.75, 3.05) is 0 Å². The molecule has 0 rings (SSSR count). The average Bonchev–Trinajstić information content (AvgIpc) is 2.88. The van der Waals surface area contributed by atoms with Crippen molar-refractivity contribution in [3.8, 4) is 0 Å². The second kappa shape index (κ2) is 32.2. The Bertz CT molecular complexity index is 390. The third kappa shape index (κ3) is 33.9. The van der Waals surface area contributed by atoms with Crippen molar-refractivity contribution >= 4 is 0 Å². The van der Waals surface area contributed by atoms with Gasteiger partial charge in [-0.2, -0.15) is 0 Å². The molecule has 1 unspecified atom stereocenters. The normalized spacial score (nSPS) is 12.6. The van der Waals surface area contributed by atoms with E-state index in [0.717, 1.165) is 18.8 Å². The molecule has 0 aromatic heterocycles. The molecule has 0 saturated carbocycles. The van der Waals surface area contributed by atoms with Crippen molar-refractivity contribution in [1.82, 2.24) is 0 Å². The molecule has 0 fully saturated rings. The summed E-state index contributed by atoms with van der Waals surface area (Å²) in [6.45, 7) is 6.94. The number of aliphatic hydroxyl groups excluding tert-OH is 1. The minimum atomic E-state index is -0.0353. The van der Waals surface area contributed by atoms with E-state index < -0.39 is 0 Å². The van der Waals surface area contributed by atoms with Crippen LogP contribution in [0.2, 0.25) is 0 Å². The van der Waals surface area contributed by atoms with Crippen molar-refractivity contribution in [3.63, 3.8) is 0 Å². The van der Waals surface area contributed by atoms with E-state index in [1.165, 1.54) is 180 Å². The molecule has 37 heavy (non-hydrogen) atoms. The van der Waals surface area contributed by atoms with Crippen LogP contribution in [0.25, 0.3) is 0 Å². The van der Waals surface area contributed by atoms with Crippen LogP contribution in [0, 0.1) is 12.3 Å². The van der Waals surface area contributed by atoms with E-state index in [0.29, 0.717) is 0 Å². The summed E-state index contributed by atoms with van der Waals surface area (Å²) in [5.74, 6) is 0.890. The molecule has 0 aromatic rings. The molecule has 223 valence electrons. The Morgan fingerprint density at radius 1 is 0.405 bits per heavy atom. The van der Waals surface area contributed by atoms with E-state index in [4.69, 9.17) is 0 Å². The van der Waals surface area contributed by atoms with Crippen LogP contribution in [-0.2, 0) is 0 Å². The van der Waals surface area contributed by atoms with Crippen molar-refractivity contribution in [1.29, 1.82) is 0 Å². The molecule has 0 heterocycles. The van der Waals surface area contributed by atoms with Crippen LogP contribution < -0.4 is 0 Å². The van der Waals surface area contributed by atoms with E-state index in [1.807, 2.05) is 0 Å². The molecule has 0 saturated heterocycles. The monoisotopic (exact) mass is 522 g/mol. The van der Waals surface area contributed by atoms with Gasteiger partial charge in [-0.3, -0.25) is 0 Å². The van der Waals surface area contributed by atoms with Gasteiger partial charge in [-0.1, -0.05) is 201 Å². The molecule has 0 spiro atoms. The van der Waals surface area contributed by atoms with Crippen LogP contribution in [0.5, 0.6) is 0 Å². The second-order valence-electron chi connectivity index (χ2n) is 12.8. The molecule has 1 nitrogen and oxygen atoms in total. The minimum Gasteiger partial charge on any atom is -0.393 e. The van der Waals surface area contributed by atoms with E-state index in [9.17, 15) is 5.11 Å². The van der Waals surface area contributed by atoms with Gasteiger partial charge in [0.15, 0.2) is 0 Å². The zero-order chi connectivity index (χ0) is 27.1. The van der Waals surface area contributed by atoms with Crippen molar-refractivity contribution in [2.24, 2.45) is 5.92 Å². The number of rotatable bonds is 32. The lowest BCUT2D eigenvalue weighted by Crippen LogP contribution is -2.05. The van der Waals surface area contributed by atoms with E-state index >= 15 is 0 Å². The summed E-state index contributed by atoms with van der Waals surface area (Å²) in [5, 5.41) is 10.0. The molecule has 1 radical (unpaired) electrons. The topological polar surface area (TPSA) is 20.2 Å². The third-order valence-electron chi connectivity index (χ3n) is 8.28. The molecular formula is C36H73O. The van der Waals surface area contributed by atoms with E-state index in [1.54, 1.807) is 0 Å². The molecule has 1 heteroatoms. The van der Waals surface area contributed by atoms with E-state index in [-0.39, 0.29) is 6.10 Å². The molecule has 0 aliphatic rings. The van der Waals surface area contributed by atoms with Crippen LogP contribution in [0.3, 0.4) is 0 Å². The van der Waals surface area contributed by atoms with Gasteiger partial charge in [-0.25, -0.2) is 0 Å². The minimum absolute atomic E-state index is 0.0353. The first-order chi connectivity index (χ1) is 18.2. The summed E-state index contributed by atoms with van der Waals surface area (Å²) in [4.78, 5) is 0. The Labute approximate surface area is 236 Å². The van der Waals surface area contributed by atoms with Crippen molar-refractivity contribution in [2.45, 2.75) is 219 Å². The number of aliphatic hydroxyl groups is 1. The zero-order valence-corrected chi connectivity index (χ0v) is 26.4. The first kappa shape index (κ1) is 37.0. The Morgan fingerprint density at radius 2 is 0.703 bits per heavy atom. The van der Waals surface area contributed by atoms with Crippen LogP contribution in [0.4, 0.5) is 0 Å². The largest absolute Gasteiger partial charge is 0.393 e. The highest BCUT2D eigenvalue weighted by Crippen LogP contribution is 2.17. The molecule has 1 atom stereocenters. The molecule has 0 aliphatic carbocycles. The van der Waals surface area contributed by atoms with Gasteiger partial charge >= 0.3 is 0 Å². The predicted molar refractivity (Wildman–Crippen MR) is 169 cm³/mol. The summed E-state index contributed by atoms with van der Waals surface area (Å²) >= 11 is 0. The Morgan fingerprint density at radius 3 is 1.05 bits per heavy atom. The maximum absolute atomic E-state index is 10.0. The van der Waals surface area contributed by atoms with Crippen LogP contribution in [0.1, 0.15) is 213 Å². The number of hydrogen-bond acceptors (Lipinski definition) is 1. The average molecular weight is 522 g/mol. The lowest BCUT2D eigenvalue weighted by Gasteiger charge is -2.10.